The molecule has 0 saturated carbocycles. The highest BCUT2D eigenvalue weighted by atomic mass is 32.2. The number of hydrogen-bond donors (Lipinski definition) is 3. The van der Waals surface area contributed by atoms with E-state index in [1.165, 1.54) is 11.3 Å². The number of hydrogen-bond acceptors (Lipinski definition) is 14. The molecule has 1 heterocycles. The molecule has 0 aliphatic heterocycles. The molecule has 0 aliphatic carbocycles. The van der Waals surface area contributed by atoms with Gasteiger partial charge in [-0.05, 0) is 47.1 Å². The maximum Gasteiger partial charge on any atom is 0.408 e. The molecule has 3 N–H and O–H groups in total. The summed E-state index contributed by atoms with van der Waals surface area (Å²) in [5.41, 5.74) is 2.61. The average molecular weight is 694 g/mol. The second-order valence-corrected chi connectivity index (χ2v) is 12.2. The number of ether oxygens (including phenoxy) is 6. The number of nitrogens with zero attached hydrogens (tertiary/aromatic N) is 4. The Labute approximate surface area is 275 Å². The maximum absolute atomic E-state index is 11.0. The predicted octanol–water partition coefficient (Wildman–Crippen LogP) is 1.93. The Kier molecular flexibility index (Phi) is 21.7. The van der Waals surface area contributed by atoms with Gasteiger partial charge in [0.05, 0.1) is 110 Å². The molecular formula is C29H49N4O11S2+. The van der Waals surface area contributed by atoms with Gasteiger partial charge in [0.25, 0.3) is 10.1 Å². The molecule has 0 spiro atoms. The number of aromatic nitrogens is 1. The number of aliphatic hydroxyl groups excluding tert-OH is 2. The van der Waals surface area contributed by atoms with E-state index in [1.807, 2.05) is 30.5 Å². The minimum Gasteiger partial charge on any atom is -0.394 e. The molecule has 0 unspecified atom stereocenters. The lowest BCUT2D eigenvalue weighted by Gasteiger charge is -2.25. The van der Waals surface area contributed by atoms with Gasteiger partial charge in [0.1, 0.15) is 11.9 Å². The van der Waals surface area contributed by atoms with E-state index in [1.54, 1.807) is 10.8 Å². The van der Waals surface area contributed by atoms with E-state index in [-0.39, 0.29) is 25.4 Å². The summed E-state index contributed by atoms with van der Waals surface area (Å²) in [6, 6.07) is 5.91. The van der Waals surface area contributed by atoms with Crippen LogP contribution in [0.1, 0.15) is 12.0 Å². The van der Waals surface area contributed by atoms with Crippen LogP contribution in [0.4, 0.5) is 16.5 Å². The van der Waals surface area contributed by atoms with Crippen LogP contribution in [0, 0.1) is 6.92 Å². The minimum absolute atomic E-state index is 0.00843. The molecule has 46 heavy (non-hydrogen) atoms. The predicted molar refractivity (Wildman–Crippen MR) is 172 cm³/mol. The summed E-state index contributed by atoms with van der Waals surface area (Å²) >= 11 is 1.39. The smallest absolute Gasteiger partial charge is 0.394 e. The highest BCUT2D eigenvalue weighted by Crippen LogP contribution is 2.27. The first kappa shape index (κ1) is 40.0. The first-order valence-electron chi connectivity index (χ1n) is 15.2. The Morgan fingerprint density at radius 1 is 0.783 bits per heavy atom. The van der Waals surface area contributed by atoms with E-state index in [4.69, 9.17) is 43.2 Å². The zero-order chi connectivity index (χ0) is 33.3. The lowest BCUT2D eigenvalue weighted by Crippen LogP contribution is -2.32. The Balaban J connectivity index is 1.90. The monoisotopic (exact) mass is 693 g/mol. The molecule has 1 aromatic carbocycles. The molecule has 262 valence electrons. The quantitative estimate of drug-likeness (QED) is 0.0488. The van der Waals surface area contributed by atoms with E-state index < -0.39 is 10.1 Å². The number of benzene rings is 1. The lowest BCUT2D eigenvalue weighted by molar-refractivity contribution is -0.680. The van der Waals surface area contributed by atoms with Crippen LogP contribution < -0.4 is 9.47 Å². The van der Waals surface area contributed by atoms with Crippen LogP contribution in [0.3, 0.4) is 0 Å². The molecule has 2 rings (SSSR count). The molecule has 15 nitrogen and oxygen atoms in total. The zero-order valence-electron chi connectivity index (χ0n) is 26.5. The van der Waals surface area contributed by atoms with E-state index in [0.29, 0.717) is 110 Å². The minimum atomic E-state index is -4.01. The molecule has 17 heteroatoms. The lowest BCUT2D eigenvalue weighted by atomic mass is 10.1. The number of aliphatic hydroxyl groups is 2. The van der Waals surface area contributed by atoms with Crippen molar-refractivity contribution < 1.29 is 56.2 Å². The van der Waals surface area contributed by atoms with Crippen molar-refractivity contribution in [1.82, 2.24) is 0 Å². The number of rotatable bonds is 29. The molecular weight excluding hydrogens is 644 g/mol. The SMILES string of the molecule is Cc1cc(N(CCOCCOCCOCCO)CCOCCOCCOCCO)ccc1N=Nc1scc[n+]1CCCS(=O)(=O)O. The first-order chi connectivity index (χ1) is 22.3. The average Bonchev–Trinajstić information content (AvgIpc) is 3.47. The van der Waals surface area contributed by atoms with Crippen molar-refractivity contribution in [2.75, 3.05) is 116 Å². The Morgan fingerprint density at radius 3 is 1.80 bits per heavy atom. The van der Waals surface area contributed by atoms with Gasteiger partial charge >= 0.3 is 5.13 Å². The summed E-state index contributed by atoms with van der Waals surface area (Å²) in [4.78, 5) is 2.17. The second-order valence-electron chi connectivity index (χ2n) is 9.80. The van der Waals surface area contributed by atoms with E-state index in [2.05, 4.69) is 15.1 Å². The van der Waals surface area contributed by atoms with Gasteiger partial charge in [-0.15, -0.1) is 0 Å². The Hall–Kier alpha value is -2.16. The van der Waals surface area contributed by atoms with Gasteiger partial charge in [0.15, 0.2) is 0 Å². The van der Waals surface area contributed by atoms with Gasteiger partial charge < -0.3 is 43.5 Å². The molecule has 0 atom stereocenters. The maximum atomic E-state index is 11.0. The van der Waals surface area contributed by atoms with Crippen molar-refractivity contribution >= 4 is 38.0 Å². The van der Waals surface area contributed by atoms with Crippen LogP contribution in [-0.2, 0) is 45.1 Å². The van der Waals surface area contributed by atoms with Crippen molar-refractivity contribution in [1.29, 1.82) is 0 Å². The van der Waals surface area contributed by atoms with Crippen LogP contribution >= 0.6 is 11.3 Å². The first-order valence-corrected chi connectivity index (χ1v) is 17.7. The topological polar surface area (TPSA) is 182 Å². The van der Waals surface area contributed by atoms with E-state index in [0.717, 1.165) is 11.3 Å². The van der Waals surface area contributed by atoms with Gasteiger partial charge in [-0.1, -0.05) is 0 Å². The summed E-state index contributed by atoms with van der Waals surface area (Å²) < 4.78 is 65.7. The van der Waals surface area contributed by atoms with Gasteiger partial charge in [-0.25, -0.2) is 4.57 Å². The fourth-order valence-corrected chi connectivity index (χ4v) is 5.14. The summed E-state index contributed by atoms with van der Waals surface area (Å²) in [5, 5.41) is 28.7. The van der Waals surface area contributed by atoms with Crippen LogP contribution in [0.25, 0.3) is 0 Å². The van der Waals surface area contributed by atoms with E-state index in [9.17, 15) is 8.42 Å². The number of aryl methyl sites for hydroxylation is 2. The summed E-state index contributed by atoms with van der Waals surface area (Å²) in [6.07, 6.45) is 2.07. The largest absolute Gasteiger partial charge is 0.408 e. The highest BCUT2D eigenvalue weighted by molar-refractivity contribution is 7.85. The molecule has 1 aromatic heterocycles. The van der Waals surface area contributed by atoms with Gasteiger partial charge in [0.2, 0.25) is 0 Å². The van der Waals surface area contributed by atoms with E-state index >= 15 is 0 Å². The van der Waals surface area contributed by atoms with Gasteiger partial charge in [-0.3, -0.25) is 4.55 Å². The van der Waals surface area contributed by atoms with Crippen molar-refractivity contribution in [3.8, 4) is 0 Å². The number of thiazole rings is 1. The highest BCUT2D eigenvalue weighted by Gasteiger charge is 2.15. The molecule has 0 saturated heterocycles. The summed E-state index contributed by atoms with van der Waals surface area (Å²) in [7, 11) is -4.01. The Bertz CT molecular complexity index is 1180. The summed E-state index contributed by atoms with van der Waals surface area (Å²) in [6.45, 7) is 8.67. The third-order valence-electron chi connectivity index (χ3n) is 6.22. The number of azo groups is 1. The molecule has 2 aromatic rings. The Morgan fingerprint density at radius 2 is 1.30 bits per heavy atom. The molecule has 0 fully saturated rings. The van der Waals surface area contributed by atoms with Gasteiger partial charge in [-0.2, -0.15) is 8.42 Å². The normalized spacial score (nSPS) is 12.0. The summed E-state index contributed by atoms with van der Waals surface area (Å²) in [5.74, 6) is -0.315. The third-order valence-corrected chi connectivity index (χ3v) is 7.81. The zero-order valence-corrected chi connectivity index (χ0v) is 28.2. The molecule has 0 radical (unpaired) electrons. The molecule has 0 bridgehead atoms. The van der Waals surface area contributed by atoms with Crippen LogP contribution in [0.15, 0.2) is 40.0 Å². The van der Waals surface area contributed by atoms with Crippen molar-refractivity contribution in [2.45, 2.75) is 19.9 Å². The van der Waals surface area contributed by atoms with Crippen LogP contribution in [0.5, 0.6) is 0 Å². The second kappa shape index (κ2) is 24.9. The van der Waals surface area contributed by atoms with Crippen molar-refractivity contribution in [2.24, 2.45) is 10.2 Å². The van der Waals surface area contributed by atoms with Crippen molar-refractivity contribution in [3.63, 3.8) is 0 Å². The van der Waals surface area contributed by atoms with Crippen LogP contribution in [-0.4, -0.2) is 135 Å². The molecule has 0 aliphatic rings. The molecule has 0 amide bonds. The van der Waals surface area contributed by atoms with Crippen LogP contribution in [0.2, 0.25) is 0 Å². The fourth-order valence-electron chi connectivity index (χ4n) is 3.94. The fraction of sp³-hybridized carbons (Fsp3) is 0.690. The number of anilines is 1. The van der Waals surface area contributed by atoms with Gasteiger partial charge in [0, 0.05) is 30.6 Å². The standard InChI is InChI=1S/C29H48N4O11S2/c1-26-25-27(3-4-28(26)30-31-29-33(8-23-45-29)5-2-24-46(36,37)38)32(6-11-39-15-19-43-21-17-41-13-9-34)7-12-40-16-20-44-22-18-42-14-10-35/h3-4,8,23,25,34-35H,2,5-7,9-22,24H2,1H3/p+1. The third kappa shape index (κ3) is 18.9. The van der Waals surface area contributed by atoms with Crippen molar-refractivity contribution in [3.05, 3.63) is 35.3 Å².